The third-order valence-electron chi connectivity index (χ3n) is 4.08. The van der Waals surface area contributed by atoms with Crippen LogP contribution >= 0.6 is 11.3 Å². The molecule has 3 N–H and O–H groups in total. The number of anilines is 1. The molecule has 1 atom stereocenters. The van der Waals surface area contributed by atoms with Crippen LogP contribution in [0.5, 0.6) is 0 Å². The lowest BCUT2D eigenvalue weighted by Gasteiger charge is -2.16. The van der Waals surface area contributed by atoms with Crippen LogP contribution in [0.1, 0.15) is 32.3 Å². The molecule has 3 rings (SSSR count). The number of nitrogens with one attached hydrogen (secondary N) is 2. The number of rotatable bonds is 5. The Kier molecular flexibility index (Phi) is 5.46. The third-order valence-corrected chi connectivity index (χ3v) is 5.09. The minimum atomic E-state index is -0.634. The highest BCUT2D eigenvalue weighted by Crippen LogP contribution is 2.26. The molecule has 26 heavy (non-hydrogen) atoms. The minimum Gasteiger partial charge on any atom is -0.321 e. The first kappa shape index (κ1) is 17.8. The molecule has 1 unspecified atom stereocenters. The van der Waals surface area contributed by atoms with Gasteiger partial charge in [-0.15, -0.1) is 11.3 Å². The van der Waals surface area contributed by atoms with Gasteiger partial charge >= 0.3 is 0 Å². The van der Waals surface area contributed by atoms with Gasteiger partial charge in [0.15, 0.2) is 0 Å². The first-order valence-corrected chi connectivity index (χ1v) is 8.92. The molecule has 3 aromatic rings. The average molecular weight is 366 g/mol. The van der Waals surface area contributed by atoms with E-state index >= 15 is 0 Å². The van der Waals surface area contributed by atoms with E-state index in [1.807, 2.05) is 48.7 Å². The lowest BCUT2D eigenvalue weighted by Crippen LogP contribution is -2.27. The van der Waals surface area contributed by atoms with Gasteiger partial charge in [-0.3, -0.25) is 14.8 Å². The average Bonchev–Trinajstić information content (AvgIpc) is 3.10. The summed E-state index contributed by atoms with van der Waals surface area (Å²) in [6.45, 7) is 1.90. The molecule has 2 amide bonds. The molecule has 1 aromatic heterocycles. The highest BCUT2D eigenvalue weighted by Gasteiger charge is 2.22. The number of amides is 2. The Hall–Kier alpha value is -2.96. The zero-order valence-corrected chi connectivity index (χ0v) is 14.9. The summed E-state index contributed by atoms with van der Waals surface area (Å²) >= 11 is 1.40. The van der Waals surface area contributed by atoms with Crippen molar-refractivity contribution in [3.63, 3.8) is 0 Å². The van der Waals surface area contributed by atoms with Crippen molar-refractivity contribution in [1.29, 1.82) is 0 Å². The van der Waals surface area contributed by atoms with E-state index in [4.69, 9.17) is 5.21 Å². The van der Waals surface area contributed by atoms with Crippen LogP contribution in [0.4, 0.5) is 5.69 Å². The van der Waals surface area contributed by atoms with E-state index in [1.54, 1.807) is 29.7 Å². The first-order valence-electron chi connectivity index (χ1n) is 8.04. The fourth-order valence-corrected chi connectivity index (χ4v) is 3.58. The lowest BCUT2D eigenvalue weighted by molar-refractivity contribution is -0.129. The second-order valence-electron chi connectivity index (χ2n) is 5.83. The van der Waals surface area contributed by atoms with E-state index in [0.29, 0.717) is 16.1 Å². The molecule has 0 saturated heterocycles. The maximum absolute atomic E-state index is 12.3. The van der Waals surface area contributed by atoms with Crippen molar-refractivity contribution in [2.24, 2.45) is 0 Å². The Labute approximate surface area is 155 Å². The zero-order valence-electron chi connectivity index (χ0n) is 14.1. The van der Waals surface area contributed by atoms with Gasteiger partial charge in [0, 0.05) is 5.69 Å². The zero-order chi connectivity index (χ0) is 18.5. The van der Waals surface area contributed by atoms with Crippen molar-refractivity contribution in [3.05, 3.63) is 87.6 Å². The van der Waals surface area contributed by atoms with E-state index < -0.39 is 11.8 Å². The van der Waals surface area contributed by atoms with Crippen LogP contribution in [0.25, 0.3) is 0 Å². The Morgan fingerprint density at radius 2 is 1.62 bits per heavy atom. The highest BCUT2D eigenvalue weighted by molar-refractivity contribution is 7.12. The summed E-state index contributed by atoms with van der Waals surface area (Å²) in [6, 6.07) is 18.1. The van der Waals surface area contributed by atoms with Gasteiger partial charge in [0.2, 0.25) is 0 Å². The van der Waals surface area contributed by atoms with Gasteiger partial charge < -0.3 is 5.32 Å². The van der Waals surface area contributed by atoms with Crippen molar-refractivity contribution in [2.75, 3.05) is 5.32 Å². The van der Waals surface area contributed by atoms with Crippen molar-refractivity contribution < 1.29 is 14.8 Å². The van der Waals surface area contributed by atoms with E-state index in [2.05, 4.69) is 5.32 Å². The Bertz CT molecular complexity index is 904. The quantitative estimate of drug-likeness (QED) is 0.473. The molecule has 132 valence electrons. The maximum Gasteiger partial charge on any atom is 0.265 e. The van der Waals surface area contributed by atoms with Crippen LogP contribution in [0.15, 0.2) is 66.0 Å². The number of hydrogen-bond donors (Lipinski definition) is 3. The Morgan fingerprint density at radius 3 is 2.19 bits per heavy atom. The molecule has 0 saturated carbocycles. The van der Waals surface area contributed by atoms with Crippen molar-refractivity contribution >= 4 is 28.8 Å². The minimum absolute atomic E-state index is 0.155. The highest BCUT2D eigenvalue weighted by atomic mass is 32.1. The fraction of sp³-hybridized carbons (Fsp3) is 0.100. The second-order valence-corrected chi connectivity index (χ2v) is 6.74. The molecule has 1 heterocycles. The summed E-state index contributed by atoms with van der Waals surface area (Å²) in [4.78, 5) is 25.1. The molecule has 0 aliphatic carbocycles. The van der Waals surface area contributed by atoms with E-state index in [0.717, 1.165) is 11.1 Å². The van der Waals surface area contributed by atoms with Crippen molar-refractivity contribution in [3.8, 4) is 0 Å². The van der Waals surface area contributed by atoms with Crippen LogP contribution < -0.4 is 10.8 Å². The molecular formula is C20H18N2O3S. The normalized spacial score (nSPS) is 11.6. The largest absolute Gasteiger partial charge is 0.321 e. The van der Waals surface area contributed by atoms with Crippen molar-refractivity contribution in [2.45, 2.75) is 12.8 Å². The fourth-order valence-electron chi connectivity index (χ4n) is 2.76. The van der Waals surface area contributed by atoms with Gasteiger partial charge in [-0.1, -0.05) is 42.5 Å². The molecular weight excluding hydrogens is 348 g/mol. The van der Waals surface area contributed by atoms with E-state index in [-0.39, 0.29) is 5.91 Å². The van der Waals surface area contributed by atoms with Crippen molar-refractivity contribution in [1.82, 2.24) is 5.48 Å². The maximum atomic E-state index is 12.3. The lowest BCUT2D eigenvalue weighted by atomic mass is 9.90. The van der Waals surface area contributed by atoms with Crippen LogP contribution in [-0.4, -0.2) is 17.0 Å². The number of benzene rings is 2. The monoisotopic (exact) mass is 366 g/mol. The molecule has 0 fully saturated rings. The second kappa shape index (κ2) is 7.95. The predicted molar refractivity (Wildman–Crippen MR) is 102 cm³/mol. The van der Waals surface area contributed by atoms with Gasteiger partial charge in [-0.05, 0) is 47.2 Å². The number of hydrogen-bond acceptors (Lipinski definition) is 4. The predicted octanol–water partition coefficient (Wildman–Crippen LogP) is 3.95. The van der Waals surface area contributed by atoms with Gasteiger partial charge in [-0.25, -0.2) is 5.48 Å². The topological polar surface area (TPSA) is 78.4 Å². The summed E-state index contributed by atoms with van der Waals surface area (Å²) in [5.41, 5.74) is 4.79. The summed E-state index contributed by atoms with van der Waals surface area (Å²) in [7, 11) is 0. The van der Waals surface area contributed by atoms with Crippen LogP contribution in [0.3, 0.4) is 0 Å². The smallest absolute Gasteiger partial charge is 0.265 e. The molecule has 6 heteroatoms. The summed E-state index contributed by atoms with van der Waals surface area (Å²) in [5, 5.41) is 13.8. The molecule has 0 radical (unpaired) electrons. The number of aryl methyl sites for hydroxylation is 1. The van der Waals surface area contributed by atoms with Crippen LogP contribution in [-0.2, 0) is 4.79 Å². The van der Waals surface area contributed by atoms with Crippen LogP contribution in [0, 0.1) is 6.92 Å². The molecule has 0 aliphatic rings. The van der Waals surface area contributed by atoms with Crippen LogP contribution in [0.2, 0.25) is 0 Å². The Balaban J connectivity index is 1.82. The van der Waals surface area contributed by atoms with Gasteiger partial charge in [0.1, 0.15) is 0 Å². The first-order chi connectivity index (χ1) is 12.6. The SMILES string of the molecule is Cc1ccsc1C(=O)Nc1ccc(C(C(=O)NO)c2ccccc2)cc1. The number of carbonyl (C=O) groups excluding carboxylic acids is 2. The van der Waals surface area contributed by atoms with E-state index in [9.17, 15) is 9.59 Å². The standard InChI is InChI=1S/C20H18N2O3S/c1-13-11-12-26-18(13)20(24)21-16-9-7-15(8-10-16)17(19(23)22-25)14-5-3-2-4-6-14/h2-12,17,25H,1H3,(H,21,24)(H,22,23). The molecule has 0 bridgehead atoms. The van der Waals surface area contributed by atoms with Gasteiger partial charge in [0.25, 0.3) is 11.8 Å². The van der Waals surface area contributed by atoms with Gasteiger partial charge in [-0.2, -0.15) is 0 Å². The van der Waals surface area contributed by atoms with Gasteiger partial charge in [0.05, 0.1) is 10.8 Å². The van der Waals surface area contributed by atoms with E-state index in [1.165, 1.54) is 11.3 Å². The number of carbonyl (C=O) groups is 2. The number of thiophene rings is 1. The molecule has 0 aliphatic heterocycles. The third kappa shape index (κ3) is 3.82. The number of hydroxylamine groups is 1. The molecule has 5 nitrogen and oxygen atoms in total. The summed E-state index contributed by atoms with van der Waals surface area (Å²) in [6.07, 6.45) is 0. The summed E-state index contributed by atoms with van der Waals surface area (Å²) < 4.78 is 0. The molecule has 0 spiro atoms. The molecule has 2 aromatic carbocycles. The Morgan fingerprint density at radius 1 is 0.962 bits per heavy atom. The summed E-state index contributed by atoms with van der Waals surface area (Å²) in [5.74, 6) is -1.30.